The van der Waals surface area contributed by atoms with Crippen LogP contribution in [0, 0.1) is 11.8 Å². The van der Waals surface area contributed by atoms with Gasteiger partial charge in [-0.2, -0.15) is 0 Å². The predicted molar refractivity (Wildman–Crippen MR) is 247 cm³/mol. The lowest BCUT2D eigenvalue weighted by Crippen LogP contribution is -2.30. The maximum Gasteiger partial charge on any atom is 0.306 e. The molecule has 0 aromatic carbocycles. The van der Waals surface area contributed by atoms with Crippen LogP contribution in [0.5, 0.6) is 0 Å². The van der Waals surface area contributed by atoms with Gasteiger partial charge in [0.2, 0.25) is 0 Å². The highest BCUT2D eigenvalue weighted by Gasteiger charge is 2.19. The molecular formula is C52H100O6. The van der Waals surface area contributed by atoms with Crippen molar-refractivity contribution < 1.29 is 28.6 Å². The maximum absolute atomic E-state index is 12.8. The molecule has 6 heteroatoms. The van der Waals surface area contributed by atoms with E-state index in [1.54, 1.807) is 0 Å². The Morgan fingerprint density at radius 3 is 0.845 bits per heavy atom. The zero-order valence-electron chi connectivity index (χ0n) is 39.7. The summed E-state index contributed by atoms with van der Waals surface area (Å²) in [6, 6.07) is 0. The molecule has 0 bridgehead atoms. The number of esters is 3. The summed E-state index contributed by atoms with van der Waals surface area (Å²) in [7, 11) is 0. The zero-order chi connectivity index (χ0) is 42.6. The molecule has 0 rings (SSSR count). The molecule has 1 atom stereocenters. The fourth-order valence-electron chi connectivity index (χ4n) is 7.81. The van der Waals surface area contributed by atoms with Gasteiger partial charge in [-0.15, -0.1) is 0 Å². The Labute approximate surface area is 361 Å². The van der Waals surface area contributed by atoms with Crippen molar-refractivity contribution >= 4 is 17.9 Å². The summed E-state index contributed by atoms with van der Waals surface area (Å²) in [6.07, 6.45) is 45.3. The molecule has 0 aromatic heterocycles. The second-order valence-corrected chi connectivity index (χ2v) is 18.8. The van der Waals surface area contributed by atoms with Gasteiger partial charge in [0.25, 0.3) is 0 Å². The molecule has 0 spiro atoms. The number of carbonyl (C=O) groups is 3. The van der Waals surface area contributed by atoms with Gasteiger partial charge in [0.05, 0.1) is 0 Å². The lowest BCUT2D eigenvalue weighted by atomic mass is 10.0. The molecule has 0 unspecified atom stereocenters. The van der Waals surface area contributed by atoms with Crippen LogP contribution in [-0.2, 0) is 28.6 Å². The Morgan fingerprint density at radius 1 is 0.328 bits per heavy atom. The molecule has 0 aromatic rings. The summed E-state index contributed by atoms with van der Waals surface area (Å²) < 4.78 is 16.8. The second kappa shape index (κ2) is 44.9. The molecule has 0 heterocycles. The second-order valence-electron chi connectivity index (χ2n) is 18.8. The van der Waals surface area contributed by atoms with E-state index in [0.717, 1.165) is 69.6 Å². The van der Waals surface area contributed by atoms with Crippen molar-refractivity contribution in [3.05, 3.63) is 0 Å². The third-order valence-corrected chi connectivity index (χ3v) is 11.7. The first-order chi connectivity index (χ1) is 28.2. The number of rotatable bonds is 46. The molecule has 58 heavy (non-hydrogen) atoms. The quantitative estimate of drug-likeness (QED) is 0.0346. The Hall–Kier alpha value is -1.59. The van der Waals surface area contributed by atoms with Gasteiger partial charge in [-0.1, -0.05) is 247 Å². The number of carbonyl (C=O) groups excluding carboxylic acids is 3. The van der Waals surface area contributed by atoms with Gasteiger partial charge in [-0.3, -0.25) is 14.4 Å². The van der Waals surface area contributed by atoms with Gasteiger partial charge in [0.15, 0.2) is 6.10 Å². The molecule has 0 radical (unpaired) electrons. The Kier molecular flexibility index (Phi) is 43.7. The minimum absolute atomic E-state index is 0.0643. The standard InChI is InChI=1S/C52H100O6/c1-6-7-8-9-10-11-12-13-14-15-16-17-18-21-27-32-37-42-50(53)56-45-49(46-57-51(54)43-38-33-28-24-23-26-31-36-41-48(4)5)58-52(55)44-39-34-29-22-19-20-25-30-35-40-47(2)3/h47-49H,6-46H2,1-5H3/t49-/m0/s1. The summed E-state index contributed by atoms with van der Waals surface area (Å²) in [5.41, 5.74) is 0. The number of ether oxygens (including phenoxy) is 3. The zero-order valence-corrected chi connectivity index (χ0v) is 39.7. The molecule has 0 aliphatic carbocycles. The third kappa shape index (κ3) is 45.5. The average Bonchev–Trinajstić information content (AvgIpc) is 3.19. The monoisotopic (exact) mass is 821 g/mol. The van der Waals surface area contributed by atoms with Crippen molar-refractivity contribution in [1.82, 2.24) is 0 Å². The van der Waals surface area contributed by atoms with Crippen molar-refractivity contribution in [2.75, 3.05) is 13.2 Å². The number of hydrogen-bond donors (Lipinski definition) is 0. The maximum atomic E-state index is 12.8. The van der Waals surface area contributed by atoms with Crippen molar-refractivity contribution in [2.45, 2.75) is 291 Å². The molecule has 0 fully saturated rings. The van der Waals surface area contributed by atoms with E-state index in [2.05, 4.69) is 34.6 Å². The van der Waals surface area contributed by atoms with Crippen molar-refractivity contribution in [3.8, 4) is 0 Å². The van der Waals surface area contributed by atoms with Gasteiger partial charge < -0.3 is 14.2 Å². The van der Waals surface area contributed by atoms with Gasteiger partial charge >= 0.3 is 17.9 Å². The van der Waals surface area contributed by atoms with Crippen LogP contribution in [0.3, 0.4) is 0 Å². The molecule has 6 nitrogen and oxygen atoms in total. The lowest BCUT2D eigenvalue weighted by Gasteiger charge is -2.18. The van der Waals surface area contributed by atoms with Crippen LogP contribution in [0.15, 0.2) is 0 Å². The van der Waals surface area contributed by atoms with Crippen molar-refractivity contribution in [2.24, 2.45) is 11.8 Å². The van der Waals surface area contributed by atoms with Gasteiger partial charge in [0.1, 0.15) is 13.2 Å². The van der Waals surface area contributed by atoms with E-state index in [1.807, 2.05) is 0 Å². The Morgan fingerprint density at radius 2 is 0.569 bits per heavy atom. The normalized spacial score (nSPS) is 12.1. The Balaban J connectivity index is 4.28. The van der Waals surface area contributed by atoms with Crippen LogP contribution < -0.4 is 0 Å². The SMILES string of the molecule is CCCCCCCCCCCCCCCCCCCC(=O)OC[C@@H](COC(=O)CCCCCCCCCCC(C)C)OC(=O)CCCCCCCCCCCC(C)C. The molecule has 344 valence electrons. The summed E-state index contributed by atoms with van der Waals surface area (Å²) in [5.74, 6) is 0.750. The third-order valence-electron chi connectivity index (χ3n) is 11.7. The first-order valence-corrected chi connectivity index (χ1v) is 25.7. The molecular weight excluding hydrogens is 721 g/mol. The van der Waals surface area contributed by atoms with Crippen LogP contribution in [0.1, 0.15) is 285 Å². The highest BCUT2D eigenvalue weighted by molar-refractivity contribution is 5.71. The number of hydrogen-bond acceptors (Lipinski definition) is 6. The molecule has 0 aliphatic heterocycles. The molecule has 0 saturated carbocycles. The van der Waals surface area contributed by atoms with Crippen LogP contribution in [0.25, 0.3) is 0 Å². The first kappa shape index (κ1) is 56.4. The lowest BCUT2D eigenvalue weighted by molar-refractivity contribution is -0.167. The molecule has 0 amide bonds. The van der Waals surface area contributed by atoms with Crippen LogP contribution in [0.2, 0.25) is 0 Å². The van der Waals surface area contributed by atoms with Gasteiger partial charge in [0, 0.05) is 19.3 Å². The van der Waals surface area contributed by atoms with Gasteiger partial charge in [-0.25, -0.2) is 0 Å². The van der Waals surface area contributed by atoms with Crippen LogP contribution in [-0.4, -0.2) is 37.2 Å². The van der Waals surface area contributed by atoms with Crippen LogP contribution >= 0.6 is 0 Å². The van der Waals surface area contributed by atoms with E-state index in [0.29, 0.717) is 19.3 Å². The predicted octanol–water partition coefficient (Wildman–Crippen LogP) is 16.5. The van der Waals surface area contributed by atoms with Crippen molar-refractivity contribution in [1.29, 1.82) is 0 Å². The number of unbranched alkanes of at least 4 members (excludes halogenated alkanes) is 31. The van der Waals surface area contributed by atoms with E-state index in [9.17, 15) is 14.4 Å². The summed E-state index contributed by atoms with van der Waals surface area (Å²) >= 11 is 0. The average molecular weight is 821 g/mol. The van der Waals surface area contributed by atoms with Crippen LogP contribution in [0.4, 0.5) is 0 Å². The topological polar surface area (TPSA) is 78.9 Å². The summed E-state index contributed by atoms with van der Waals surface area (Å²) in [6.45, 7) is 11.3. The smallest absolute Gasteiger partial charge is 0.306 e. The molecule has 0 N–H and O–H groups in total. The molecule has 0 saturated heterocycles. The van der Waals surface area contributed by atoms with E-state index in [1.165, 1.54) is 173 Å². The van der Waals surface area contributed by atoms with E-state index in [-0.39, 0.29) is 31.1 Å². The van der Waals surface area contributed by atoms with E-state index >= 15 is 0 Å². The highest BCUT2D eigenvalue weighted by Crippen LogP contribution is 2.17. The fraction of sp³-hybridized carbons (Fsp3) is 0.942. The van der Waals surface area contributed by atoms with Crippen molar-refractivity contribution in [3.63, 3.8) is 0 Å². The fourth-order valence-corrected chi connectivity index (χ4v) is 7.81. The van der Waals surface area contributed by atoms with Gasteiger partial charge in [-0.05, 0) is 31.1 Å². The molecule has 0 aliphatic rings. The minimum atomic E-state index is -0.762. The summed E-state index contributed by atoms with van der Waals surface area (Å²) in [4.78, 5) is 37.9. The van der Waals surface area contributed by atoms with E-state index < -0.39 is 6.10 Å². The Bertz CT molecular complexity index is 885. The van der Waals surface area contributed by atoms with E-state index in [4.69, 9.17) is 14.2 Å². The highest BCUT2D eigenvalue weighted by atomic mass is 16.6. The first-order valence-electron chi connectivity index (χ1n) is 25.7. The minimum Gasteiger partial charge on any atom is -0.462 e. The largest absolute Gasteiger partial charge is 0.462 e. The summed E-state index contributed by atoms with van der Waals surface area (Å²) in [5, 5.41) is 0.